The van der Waals surface area contributed by atoms with Gasteiger partial charge in [0, 0.05) is 18.4 Å². The van der Waals surface area contributed by atoms with Gasteiger partial charge in [-0.1, -0.05) is 6.08 Å². The average molecular weight is 233 g/mol. The van der Waals surface area contributed by atoms with Gasteiger partial charge in [0.05, 0.1) is 11.1 Å². The van der Waals surface area contributed by atoms with E-state index in [0.29, 0.717) is 0 Å². The molecule has 1 aromatic heterocycles. The first-order valence-corrected chi connectivity index (χ1v) is 4.42. The predicted molar refractivity (Wildman–Crippen MR) is 51.3 cm³/mol. The summed E-state index contributed by atoms with van der Waals surface area (Å²) in [4.78, 5) is 10.7. The van der Waals surface area contributed by atoms with Gasteiger partial charge < -0.3 is 9.67 Å². The molecule has 6 heteroatoms. The van der Waals surface area contributed by atoms with E-state index in [2.05, 4.69) is 6.58 Å². The molecule has 1 rings (SSSR count). The summed E-state index contributed by atoms with van der Waals surface area (Å²) in [5.41, 5.74) is -1.89. The fraction of sp³-hybridized carbons (Fsp3) is 0.300. The van der Waals surface area contributed by atoms with Crippen molar-refractivity contribution in [1.82, 2.24) is 4.57 Å². The summed E-state index contributed by atoms with van der Waals surface area (Å²) in [5, 5.41) is 8.66. The molecular weight excluding hydrogens is 223 g/mol. The summed E-state index contributed by atoms with van der Waals surface area (Å²) in [6.45, 7) is 5.04. The molecule has 0 spiro atoms. The third-order valence-corrected chi connectivity index (χ3v) is 2.19. The minimum absolute atomic E-state index is 0.394. The molecule has 0 saturated heterocycles. The lowest BCUT2D eigenvalue weighted by atomic mass is 10.2. The number of alkyl halides is 3. The SMILES string of the molecule is C=CC(C)n1cc(C(=O)O)c(C(F)(F)F)c1. The molecule has 1 atom stereocenters. The molecule has 16 heavy (non-hydrogen) atoms. The van der Waals surface area contributed by atoms with E-state index in [0.717, 1.165) is 12.4 Å². The van der Waals surface area contributed by atoms with Gasteiger partial charge in [-0.25, -0.2) is 4.79 Å². The fourth-order valence-corrected chi connectivity index (χ4v) is 1.23. The van der Waals surface area contributed by atoms with E-state index in [1.807, 2.05) is 0 Å². The number of hydrogen-bond acceptors (Lipinski definition) is 1. The molecule has 0 radical (unpaired) electrons. The number of rotatable bonds is 3. The molecule has 0 amide bonds. The lowest BCUT2D eigenvalue weighted by molar-refractivity contribution is -0.138. The highest BCUT2D eigenvalue weighted by atomic mass is 19.4. The Labute approximate surface area is 89.8 Å². The highest BCUT2D eigenvalue weighted by Gasteiger charge is 2.37. The van der Waals surface area contributed by atoms with E-state index in [1.54, 1.807) is 6.92 Å². The highest BCUT2D eigenvalue weighted by molar-refractivity contribution is 5.89. The van der Waals surface area contributed by atoms with Crippen LogP contribution in [-0.4, -0.2) is 15.6 Å². The number of nitrogens with zero attached hydrogens (tertiary/aromatic N) is 1. The van der Waals surface area contributed by atoms with Gasteiger partial charge in [0.1, 0.15) is 0 Å². The zero-order chi connectivity index (χ0) is 12.5. The molecular formula is C10H10F3NO2. The molecule has 0 saturated carbocycles. The summed E-state index contributed by atoms with van der Waals surface area (Å²) in [7, 11) is 0. The third kappa shape index (κ3) is 2.26. The lowest BCUT2D eigenvalue weighted by Gasteiger charge is -2.07. The van der Waals surface area contributed by atoms with Crippen molar-refractivity contribution in [3.8, 4) is 0 Å². The normalized spacial score (nSPS) is 13.5. The smallest absolute Gasteiger partial charge is 0.418 e. The first-order valence-electron chi connectivity index (χ1n) is 4.42. The first kappa shape index (κ1) is 12.4. The van der Waals surface area contributed by atoms with Gasteiger partial charge in [0.15, 0.2) is 0 Å². The van der Waals surface area contributed by atoms with Gasteiger partial charge in [0.25, 0.3) is 0 Å². The van der Waals surface area contributed by atoms with Crippen LogP contribution in [0.2, 0.25) is 0 Å². The molecule has 0 aliphatic carbocycles. The molecule has 1 heterocycles. The minimum atomic E-state index is -4.67. The van der Waals surface area contributed by atoms with Crippen molar-refractivity contribution in [3.63, 3.8) is 0 Å². The molecule has 0 aliphatic heterocycles. The van der Waals surface area contributed by atoms with Crippen LogP contribution in [0.15, 0.2) is 25.0 Å². The Hall–Kier alpha value is -1.72. The van der Waals surface area contributed by atoms with Gasteiger partial charge in [-0.2, -0.15) is 13.2 Å². The van der Waals surface area contributed by atoms with Crippen LogP contribution >= 0.6 is 0 Å². The van der Waals surface area contributed by atoms with Crippen molar-refractivity contribution >= 4 is 5.97 Å². The Morgan fingerprint density at radius 3 is 2.44 bits per heavy atom. The maximum atomic E-state index is 12.5. The van der Waals surface area contributed by atoms with Crippen molar-refractivity contribution in [2.45, 2.75) is 19.1 Å². The Bertz CT molecular complexity index is 420. The van der Waals surface area contributed by atoms with E-state index >= 15 is 0 Å². The maximum absolute atomic E-state index is 12.5. The zero-order valence-corrected chi connectivity index (χ0v) is 8.45. The minimum Gasteiger partial charge on any atom is -0.478 e. The van der Waals surface area contributed by atoms with Crippen LogP contribution in [0.1, 0.15) is 28.9 Å². The molecule has 1 aromatic rings. The Morgan fingerprint density at radius 2 is 2.12 bits per heavy atom. The summed E-state index contributed by atoms with van der Waals surface area (Å²) < 4.78 is 38.6. The van der Waals surface area contributed by atoms with Crippen LogP contribution in [0, 0.1) is 0 Å². The van der Waals surface area contributed by atoms with Gasteiger partial charge in [-0.15, -0.1) is 6.58 Å². The Kier molecular flexibility index (Phi) is 3.11. The second-order valence-electron chi connectivity index (χ2n) is 3.31. The quantitative estimate of drug-likeness (QED) is 0.815. The van der Waals surface area contributed by atoms with Crippen LogP contribution in [0.3, 0.4) is 0 Å². The van der Waals surface area contributed by atoms with Gasteiger partial charge in [-0.3, -0.25) is 0 Å². The van der Waals surface area contributed by atoms with Gasteiger partial charge in [-0.05, 0) is 6.92 Å². The monoisotopic (exact) mass is 233 g/mol. The number of hydrogen-bond donors (Lipinski definition) is 1. The van der Waals surface area contributed by atoms with Crippen molar-refractivity contribution in [2.24, 2.45) is 0 Å². The number of aromatic carboxylic acids is 1. The molecule has 1 N–H and O–H groups in total. The topological polar surface area (TPSA) is 42.2 Å². The standard InChI is InChI=1S/C10H10F3NO2/c1-3-6(2)14-4-7(9(15)16)8(5-14)10(11,12)13/h3-6H,1H2,2H3,(H,15,16). The van der Waals surface area contributed by atoms with Crippen molar-refractivity contribution in [2.75, 3.05) is 0 Å². The molecule has 3 nitrogen and oxygen atoms in total. The van der Waals surface area contributed by atoms with E-state index in [9.17, 15) is 18.0 Å². The highest BCUT2D eigenvalue weighted by Crippen LogP contribution is 2.33. The van der Waals surface area contributed by atoms with E-state index in [4.69, 9.17) is 5.11 Å². The maximum Gasteiger partial charge on any atom is 0.418 e. The van der Waals surface area contributed by atoms with Crippen LogP contribution in [0.4, 0.5) is 13.2 Å². The Balaban J connectivity index is 3.31. The lowest BCUT2D eigenvalue weighted by Crippen LogP contribution is -2.09. The van der Waals surface area contributed by atoms with Gasteiger partial charge in [0.2, 0.25) is 0 Å². The van der Waals surface area contributed by atoms with Crippen molar-refractivity contribution in [1.29, 1.82) is 0 Å². The molecule has 0 aliphatic rings. The predicted octanol–water partition coefficient (Wildman–Crippen LogP) is 2.95. The van der Waals surface area contributed by atoms with Crippen molar-refractivity contribution < 1.29 is 23.1 Å². The second kappa shape index (κ2) is 4.03. The fourth-order valence-electron chi connectivity index (χ4n) is 1.23. The molecule has 0 aromatic carbocycles. The van der Waals surface area contributed by atoms with Crippen LogP contribution in [0.5, 0.6) is 0 Å². The molecule has 1 unspecified atom stereocenters. The summed E-state index contributed by atoms with van der Waals surface area (Å²) in [6.07, 6.45) is -1.51. The summed E-state index contributed by atoms with van der Waals surface area (Å²) in [6, 6.07) is -0.394. The second-order valence-corrected chi connectivity index (χ2v) is 3.31. The van der Waals surface area contributed by atoms with Crippen molar-refractivity contribution in [3.05, 3.63) is 36.2 Å². The van der Waals surface area contributed by atoms with E-state index < -0.39 is 29.3 Å². The number of halogens is 3. The zero-order valence-electron chi connectivity index (χ0n) is 8.45. The Morgan fingerprint density at radius 1 is 1.56 bits per heavy atom. The van der Waals surface area contributed by atoms with E-state index in [-0.39, 0.29) is 0 Å². The number of carboxylic acids is 1. The van der Waals surface area contributed by atoms with Crippen LogP contribution in [-0.2, 0) is 6.18 Å². The van der Waals surface area contributed by atoms with Crippen LogP contribution in [0.25, 0.3) is 0 Å². The third-order valence-electron chi connectivity index (χ3n) is 2.19. The number of allylic oxidation sites excluding steroid dienone is 1. The molecule has 0 fully saturated rings. The number of aromatic nitrogens is 1. The van der Waals surface area contributed by atoms with Gasteiger partial charge >= 0.3 is 12.1 Å². The number of carbonyl (C=O) groups is 1. The number of carboxylic acid groups (broad SMARTS) is 1. The largest absolute Gasteiger partial charge is 0.478 e. The first-order chi connectivity index (χ1) is 7.27. The van der Waals surface area contributed by atoms with Crippen LogP contribution < -0.4 is 0 Å². The summed E-state index contributed by atoms with van der Waals surface area (Å²) in [5.74, 6) is -1.60. The molecule has 88 valence electrons. The average Bonchev–Trinajstić information content (AvgIpc) is 2.60. The molecule has 0 bridgehead atoms. The summed E-state index contributed by atoms with van der Waals surface area (Å²) >= 11 is 0. The van der Waals surface area contributed by atoms with E-state index in [1.165, 1.54) is 10.6 Å².